The SMILES string of the molecule is COc1ccc(CC2c3cc(OC)c(OC)cc3C=CN2C=O)cc1OC. The van der Waals surface area contributed by atoms with E-state index < -0.39 is 0 Å². The second-order valence-electron chi connectivity index (χ2n) is 6.11. The Morgan fingerprint density at radius 2 is 1.52 bits per heavy atom. The molecule has 1 aliphatic heterocycles. The van der Waals surface area contributed by atoms with E-state index >= 15 is 0 Å². The predicted molar refractivity (Wildman–Crippen MR) is 102 cm³/mol. The summed E-state index contributed by atoms with van der Waals surface area (Å²) in [6, 6.07) is 9.46. The van der Waals surface area contributed by atoms with Crippen LogP contribution in [0.2, 0.25) is 0 Å². The van der Waals surface area contributed by atoms with Crippen LogP contribution in [0.4, 0.5) is 0 Å². The summed E-state index contributed by atoms with van der Waals surface area (Å²) in [5, 5.41) is 0. The summed E-state index contributed by atoms with van der Waals surface area (Å²) in [5.41, 5.74) is 3.02. The maximum Gasteiger partial charge on any atom is 0.214 e. The number of hydrogen-bond donors (Lipinski definition) is 0. The number of hydrogen-bond acceptors (Lipinski definition) is 5. The van der Waals surface area contributed by atoms with Crippen molar-refractivity contribution < 1.29 is 23.7 Å². The molecule has 6 heteroatoms. The quantitative estimate of drug-likeness (QED) is 0.700. The molecule has 1 aliphatic rings. The Bertz CT molecular complexity index is 862. The van der Waals surface area contributed by atoms with E-state index in [9.17, 15) is 4.79 Å². The van der Waals surface area contributed by atoms with Gasteiger partial charge in [-0.25, -0.2) is 0 Å². The number of fused-ring (bicyclic) bond motifs is 1. The predicted octanol–water partition coefficient (Wildman–Crippen LogP) is 3.45. The van der Waals surface area contributed by atoms with Gasteiger partial charge in [0.05, 0.1) is 34.5 Å². The minimum absolute atomic E-state index is 0.166. The molecule has 0 spiro atoms. The number of methoxy groups -OCH3 is 4. The van der Waals surface area contributed by atoms with E-state index in [0.29, 0.717) is 29.4 Å². The summed E-state index contributed by atoms with van der Waals surface area (Å²) in [5.74, 6) is 2.62. The number of rotatable bonds is 7. The standard InChI is InChI=1S/C21H23NO5/c1-24-18-6-5-14(10-19(18)25-2)9-17-16-12-21(27-4)20(26-3)11-15(16)7-8-22(17)13-23/h5-8,10-13,17H,9H2,1-4H3. The molecular formula is C21H23NO5. The molecular weight excluding hydrogens is 346 g/mol. The van der Waals surface area contributed by atoms with Crippen molar-refractivity contribution in [1.82, 2.24) is 4.90 Å². The van der Waals surface area contributed by atoms with Crippen molar-refractivity contribution in [3.63, 3.8) is 0 Å². The minimum Gasteiger partial charge on any atom is -0.493 e. The molecule has 0 radical (unpaired) electrons. The van der Waals surface area contributed by atoms with Gasteiger partial charge in [-0.05, 0) is 53.5 Å². The summed E-state index contributed by atoms with van der Waals surface area (Å²) >= 11 is 0. The second kappa shape index (κ2) is 8.03. The molecule has 0 aromatic heterocycles. The van der Waals surface area contributed by atoms with Gasteiger partial charge in [-0.15, -0.1) is 0 Å². The van der Waals surface area contributed by atoms with Crippen molar-refractivity contribution in [2.75, 3.05) is 28.4 Å². The molecule has 0 fully saturated rings. The number of amides is 1. The first-order valence-electron chi connectivity index (χ1n) is 8.53. The van der Waals surface area contributed by atoms with Gasteiger partial charge in [-0.1, -0.05) is 6.07 Å². The first-order valence-corrected chi connectivity index (χ1v) is 8.53. The largest absolute Gasteiger partial charge is 0.493 e. The zero-order chi connectivity index (χ0) is 19.4. The third-order valence-electron chi connectivity index (χ3n) is 4.73. The molecule has 27 heavy (non-hydrogen) atoms. The van der Waals surface area contributed by atoms with Crippen LogP contribution in [0, 0.1) is 0 Å². The molecule has 0 aliphatic carbocycles. The molecule has 2 aromatic carbocycles. The van der Waals surface area contributed by atoms with E-state index in [-0.39, 0.29) is 6.04 Å². The maximum absolute atomic E-state index is 11.6. The Hall–Kier alpha value is -3.15. The zero-order valence-electron chi connectivity index (χ0n) is 15.9. The van der Waals surface area contributed by atoms with Crippen molar-refractivity contribution >= 4 is 12.5 Å². The third kappa shape index (κ3) is 3.56. The van der Waals surface area contributed by atoms with Crippen LogP contribution < -0.4 is 18.9 Å². The topological polar surface area (TPSA) is 57.2 Å². The van der Waals surface area contributed by atoms with Gasteiger partial charge in [-0.3, -0.25) is 4.79 Å². The van der Waals surface area contributed by atoms with Gasteiger partial charge in [0.15, 0.2) is 23.0 Å². The highest BCUT2D eigenvalue weighted by Crippen LogP contribution is 2.40. The maximum atomic E-state index is 11.6. The van der Waals surface area contributed by atoms with Crippen LogP contribution in [0.3, 0.4) is 0 Å². The highest BCUT2D eigenvalue weighted by atomic mass is 16.5. The first kappa shape index (κ1) is 18.6. The lowest BCUT2D eigenvalue weighted by molar-refractivity contribution is -0.117. The van der Waals surface area contributed by atoms with Gasteiger partial charge < -0.3 is 23.8 Å². The number of benzene rings is 2. The molecule has 0 saturated carbocycles. The van der Waals surface area contributed by atoms with E-state index in [1.54, 1.807) is 39.5 Å². The van der Waals surface area contributed by atoms with Gasteiger partial charge in [0.25, 0.3) is 0 Å². The van der Waals surface area contributed by atoms with Crippen molar-refractivity contribution in [3.8, 4) is 23.0 Å². The van der Waals surface area contributed by atoms with Gasteiger partial charge in [-0.2, -0.15) is 0 Å². The summed E-state index contributed by atoms with van der Waals surface area (Å²) in [4.78, 5) is 13.3. The summed E-state index contributed by atoms with van der Waals surface area (Å²) < 4.78 is 21.5. The summed E-state index contributed by atoms with van der Waals surface area (Å²) in [7, 11) is 6.42. The Kier molecular flexibility index (Phi) is 5.54. The molecule has 0 saturated heterocycles. The lowest BCUT2D eigenvalue weighted by atomic mass is 9.91. The molecule has 1 amide bonds. The van der Waals surface area contributed by atoms with E-state index in [0.717, 1.165) is 23.1 Å². The van der Waals surface area contributed by atoms with Gasteiger partial charge >= 0.3 is 0 Å². The highest BCUT2D eigenvalue weighted by molar-refractivity contribution is 5.67. The Balaban J connectivity index is 2.01. The smallest absolute Gasteiger partial charge is 0.214 e. The Morgan fingerprint density at radius 1 is 0.889 bits per heavy atom. The fourth-order valence-corrected chi connectivity index (χ4v) is 3.33. The van der Waals surface area contributed by atoms with E-state index in [2.05, 4.69) is 0 Å². The first-order chi connectivity index (χ1) is 13.1. The van der Waals surface area contributed by atoms with Crippen molar-refractivity contribution in [3.05, 3.63) is 53.2 Å². The molecule has 1 atom stereocenters. The molecule has 1 unspecified atom stereocenters. The number of carbonyl (C=O) groups is 1. The van der Waals surface area contributed by atoms with E-state index in [1.807, 2.05) is 36.4 Å². The minimum atomic E-state index is -0.166. The fourth-order valence-electron chi connectivity index (χ4n) is 3.33. The molecule has 142 valence electrons. The van der Waals surface area contributed by atoms with Gasteiger partial charge in [0.1, 0.15) is 0 Å². The van der Waals surface area contributed by atoms with Gasteiger partial charge in [0, 0.05) is 6.20 Å². The van der Waals surface area contributed by atoms with Crippen LogP contribution >= 0.6 is 0 Å². The molecule has 0 bridgehead atoms. The van der Waals surface area contributed by atoms with Crippen molar-refractivity contribution in [2.45, 2.75) is 12.5 Å². The highest BCUT2D eigenvalue weighted by Gasteiger charge is 2.26. The lowest BCUT2D eigenvalue weighted by Gasteiger charge is -2.31. The molecule has 3 rings (SSSR count). The molecule has 6 nitrogen and oxygen atoms in total. The van der Waals surface area contributed by atoms with Crippen molar-refractivity contribution in [2.24, 2.45) is 0 Å². The number of ether oxygens (including phenoxy) is 4. The third-order valence-corrected chi connectivity index (χ3v) is 4.73. The number of carbonyl (C=O) groups excluding carboxylic acids is 1. The number of nitrogens with zero attached hydrogens (tertiary/aromatic N) is 1. The van der Waals surface area contributed by atoms with Crippen LogP contribution in [0.1, 0.15) is 22.7 Å². The Morgan fingerprint density at radius 3 is 2.15 bits per heavy atom. The molecule has 1 heterocycles. The molecule has 2 aromatic rings. The van der Waals surface area contributed by atoms with Crippen LogP contribution in [0.5, 0.6) is 23.0 Å². The van der Waals surface area contributed by atoms with Crippen LogP contribution in [-0.2, 0) is 11.2 Å². The summed E-state index contributed by atoms with van der Waals surface area (Å²) in [6.45, 7) is 0. The van der Waals surface area contributed by atoms with Crippen LogP contribution in [0.15, 0.2) is 36.5 Å². The fraction of sp³-hybridized carbons (Fsp3) is 0.286. The zero-order valence-corrected chi connectivity index (χ0v) is 15.9. The molecule has 0 N–H and O–H groups in total. The average molecular weight is 369 g/mol. The van der Waals surface area contributed by atoms with Gasteiger partial charge in [0.2, 0.25) is 6.41 Å². The van der Waals surface area contributed by atoms with E-state index in [4.69, 9.17) is 18.9 Å². The summed E-state index contributed by atoms with van der Waals surface area (Å²) in [6.07, 6.45) is 5.14. The average Bonchev–Trinajstić information content (AvgIpc) is 2.72. The van der Waals surface area contributed by atoms with Crippen LogP contribution in [0.25, 0.3) is 6.08 Å². The van der Waals surface area contributed by atoms with Crippen molar-refractivity contribution in [1.29, 1.82) is 0 Å². The normalized spacial score (nSPS) is 15.1. The monoisotopic (exact) mass is 369 g/mol. The van der Waals surface area contributed by atoms with E-state index in [1.165, 1.54) is 0 Å². The van der Waals surface area contributed by atoms with Crippen LogP contribution in [-0.4, -0.2) is 39.7 Å². The second-order valence-corrected chi connectivity index (χ2v) is 6.11. The lowest BCUT2D eigenvalue weighted by Crippen LogP contribution is -2.27. The Labute approximate surface area is 158 Å².